The molecule has 0 saturated carbocycles. The summed E-state index contributed by atoms with van der Waals surface area (Å²) in [5, 5.41) is 8.62. The number of hydrazone groups is 1. The van der Waals surface area contributed by atoms with Crippen molar-refractivity contribution >= 4 is 34.2 Å². The fourth-order valence-electron chi connectivity index (χ4n) is 3.90. The van der Waals surface area contributed by atoms with Crippen molar-refractivity contribution in [2.45, 2.75) is 19.8 Å². The lowest BCUT2D eigenvalue weighted by atomic mass is 10.1. The summed E-state index contributed by atoms with van der Waals surface area (Å²) in [6.07, 6.45) is -0.736. The first-order valence-corrected chi connectivity index (χ1v) is 11.0. The molecule has 4 aromatic rings. The maximum Gasteiger partial charge on any atom is 0.243 e. The first kappa shape index (κ1) is 21.0. The average Bonchev–Trinajstić information content (AvgIpc) is 3.29. The molecule has 0 bridgehead atoms. The SMILES string of the molecule is CC(=O)N1N=C(c2cccc(Cl)c2)OC1c1ccccc1OCc1cccc2ccccc12. The van der Waals surface area contributed by atoms with Crippen LogP contribution in [0.1, 0.15) is 29.8 Å². The third-order valence-electron chi connectivity index (χ3n) is 5.49. The lowest BCUT2D eigenvalue weighted by molar-refractivity contribution is -0.135. The molecule has 0 fully saturated rings. The van der Waals surface area contributed by atoms with Gasteiger partial charge in [0.15, 0.2) is 0 Å². The van der Waals surface area contributed by atoms with E-state index in [0.717, 1.165) is 16.3 Å². The number of carbonyl (C=O) groups excluding carboxylic acids is 1. The largest absolute Gasteiger partial charge is 0.488 e. The van der Waals surface area contributed by atoms with E-state index in [0.29, 0.717) is 34.4 Å². The highest BCUT2D eigenvalue weighted by Crippen LogP contribution is 2.36. The van der Waals surface area contributed by atoms with E-state index in [4.69, 9.17) is 21.1 Å². The number of halogens is 1. The first-order chi connectivity index (χ1) is 16.1. The zero-order chi connectivity index (χ0) is 22.8. The molecule has 33 heavy (non-hydrogen) atoms. The van der Waals surface area contributed by atoms with E-state index in [2.05, 4.69) is 29.4 Å². The summed E-state index contributed by atoms with van der Waals surface area (Å²) >= 11 is 6.13. The van der Waals surface area contributed by atoms with Gasteiger partial charge in [0.2, 0.25) is 18.0 Å². The van der Waals surface area contributed by atoms with Crippen LogP contribution < -0.4 is 4.74 Å². The van der Waals surface area contributed by atoms with E-state index < -0.39 is 6.23 Å². The van der Waals surface area contributed by atoms with Crippen molar-refractivity contribution in [3.63, 3.8) is 0 Å². The van der Waals surface area contributed by atoms with Gasteiger partial charge in [-0.15, -0.1) is 5.10 Å². The van der Waals surface area contributed by atoms with Gasteiger partial charge in [0, 0.05) is 17.5 Å². The van der Waals surface area contributed by atoms with Crippen LogP contribution in [-0.2, 0) is 16.1 Å². The van der Waals surface area contributed by atoms with Crippen LogP contribution in [0.2, 0.25) is 5.02 Å². The second-order valence-corrected chi connectivity index (χ2v) is 8.15. The molecule has 0 aromatic heterocycles. The Morgan fingerprint density at radius 1 is 1.00 bits per heavy atom. The van der Waals surface area contributed by atoms with Gasteiger partial charge < -0.3 is 9.47 Å². The van der Waals surface area contributed by atoms with Crippen molar-refractivity contribution < 1.29 is 14.3 Å². The van der Waals surface area contributed by atoms with Crippen LogP contribution in [0.5, 0.6) is 5.75 Å². The van der Waals surface area contributed by atoms with Gasteiger partial charge in [-0.1, -0.05) is 72.3 Å². The zero-order valence-corrected chi connectivity index (χ0v) is 18.7. The summed E-state index contributed by atoms with van der Waals surface area (Å²) in [6.45, 7) is 1.84. The van der Waals surface area contributed by atoms with Gasteiger partial charge in [0.25, 0.3) is 0 Å². The van der Waals surface area contributed by atoms with Crippen LogP contribution in [0.4, 0.5) is 0 Å². The molecule has 0 N–H and O–H groups in total. The molecule has 1 aliphatic heterocycles. The maximum absolute atomic E-state index is 12.4. The molecule has 5 nitrogen and oxygen atoms in total. The molecule has 6 heteroatoms. The van der Waals surface area contributed by atoms with Gasteiger partial charge in [-0.25, -0.2) is 0 Å². The Morgan fingerprint density at radius 2 is 1.76 bits per heavy atom. The topological polar surface area (TPSA) is 51.1 Å². The second-order valence-electron chi connectivity index (χ2n) is 7.71. The van der Waals surface area contributed by atoms with Crippen LogP contribution >= 0.6 is 11.6 Å². The number of hydrogen-bond donors (Lipinski definition) is 0. The fraction of sp³-hybridized carbons (Fsp3) is 0.111. The fourth-order valence-corrected chi connectivity index (χ4v) is 4.09. The molecule has 1 unspecified atom stereocenters. The second kappa shape index (κ2) is 8.96. The number of fused-ring (bicyclic) bond motifs is 1. The van der Waals surface area contributed by atoms with Crippen molar-refractivity contribution in [1.82, 2.24) is 5.01 Å². The Labute approximate surface area is 196 Å². The van der Waals surface area contributed by atoms with Crippen LogP contribution in [0.25, 0.3) is 10.8 Å². The van der Waals surface area contributed by atoms with E-state index in [1.54, 1.807) is 12.1 Å². The maximum atomic E-state index is 12.4. The standard InChI is InChI=1S/C27H21ClN2O3/c1-18(31)30-27(33-26(29-30)20-10-7-12-22(28)16-20)24-14-4-5-15-25(24)32-17-21-11-6-9-19-8-2-3-13-23(19)21/h2-16,27H,17H2,1H3. The number of carbonyl (C=O) groups is 1. The molecule has 0 saturated heterocycles. The zero-order valence-electron chi connectivity index (χ0n) is 17.9. The molecule has 0 aliphatic carbocycles. The summed E-state index contributed by atoms with van der Waals surface area (Å²) in [5.41, 5.74) is 2.49. The number of ether oxygens (including phenoxy) is 2. The summed E-state index contributed by atoms with van der Waals surface area (Å²) in [5.74, 6) is 0.728. The van der Waals surface area contributed by atoms with Crippen molar-refractivity contribution in [2.75, 3.05) is 0 Å². The Kier molecular flexibility index (Phi) is 5.71. The van der Waals surface area contributed by atoms with Gasteiger partial charge in [0.1, 0.15) is 12.4 Å². The van der Waals surface area contributed by atoms with Crippen LogP contribution in [0.15, 0.2) is 96.1 Å². The van der Waals surface area contributed by atoms with Gasteiger partial charge in [0.05, 0.1) is 5.56 Å². The number of para-hydroxylation sites is 1. The predicted molar refractivity (Wildman–Crippen MR) is 129 cm³/mol. The highest BCUT2D eigenvalue weighted by Gasteiger charge is 2.35. The minimum absolute atomic E-state index is 0.235. The Hall–Kier alpha value is -3.83. The Morgan fingerprint density at radius 3 is 2.61 bits per heavy atom. The molecule has 1 heterocycles. The number of hydrogen-bond acceptors (Lipinski definition) is 4. The van der Waals surface area contributed by atoms with Gasteiger partial charge in [-0.05, 0) is 46.7 Å². The summed E-state index contributed by atoms with van der Waals surface area (Å²) in [4.78, 5) is 12.4. The number of rotatable bonds is 5. The summed E-state index contributed by atoms with van der Waals surface area (Å²) in [6, 6.07) is 29.1. The highest BCUT2D eigenvalue weighted by atomic mass is 35.5. The van der Waals surface area contributed by atoms with Crippen LogP contribution in [0.3, 0.4) is 0 Å². The highest BCUT2D eigenvalue weighted by molar-refractivity contribution is 6.31. The smallest absolute Gasteiger partial charge is 0.243 e. The Balaban J connectivity index is 1.44. The van der Waals surface area contributed by atoms with Crippen molar-refractivity contribution in [3.05, 3.63) is 113 Å². The molecule has 0 radical (unpaired) electrons. The van der Waals surface area contributed by atoms with Gasteiger partial charge >= 0.3 is 0 Å². The molecular formula is C27H21ClN2O3. The Bertz CT molecular complexity index is 1360. The lowest BCUT2D eigenvalue weighted by Crippen LogP contribution is -2.25. The molecule has 1 atom stereocenters. The molecule has 4 aromatic carbocycles. The van der Waals surface area contributed by atoms with Crippen molar-refractivity contribution in [2.24, 2.45) is 5.10 Å². The van der Waals surface area contributed by atoms with Crippen LogP contribution in [-0.4, -0.2) is 16.8 Å². The minimum Gasteiger partial charge on any atom is -0.488 e. The minimum atomic E-state index is -0.736. The van der Waals surface area contributed by atoms with E-state index in [9.17, 15) is 4.79 Å². The van der Waals surface area contributed by atoms with Crippen LogP contribution in [0, 0.1) is 0 Å². The average molecular weight is 457 g/mol. The van der Waals surface area contributed by atoms with Crippen molar-refractivity contribution in [1.29, 1.82) is 0 Å². The molecular weight excluding hydrogens is 436 g/mol. The summed E-state index contributed by atoms with van der Waals surface area (Å²) in [7, 11) is 0. The summed E-state index contributed by atoms with van der Waals surface area (Å²) < 4.78 is 12.4. The third kappa shape index (κ3) is 4.28. The lowest BCUT2D eigenvalue weighted by Gasteiger charge is -2.22. The van der Waals surface area contributed by atoms with E-state index in [1.807, 2.05) is 54.6 Å². The van der Waals surface area contributed by atoms with Crippen molar-refractivity contribution in [3.8, 4) is 5.75 Å². The number of benzene rings is 4. The van der Waals surface area contributed by atoms with E-state index in [-0.39, 0.29) is 5.91 Å². The monoisotopic (exact) mass is 456 g/mol. The number of amides is 1. The molecule has 5 rings (SSSR count). The molecule has 1 aliphatic rings. The first-order valence-electron chi connectivity index (χ1n) is 10.6. The van der Waals surface area contributed by atoms with Gasteiger partial charge in [-0.3, -0.25) is 4.79 Å². The van der Waals surface area contributed by atoms with E-state index >= 15 is 0 Å². The third-order valence-corrected chi connectivity index (χ3v) is 5.72. The quantitative estimate of drug-likeness (QED) is 0.353. The molecule has 0 spiro atoms. The normalized spacial score (nSPS) is 15.3. The number of nitrogens with zero attached hydrogens (tertiary/aromatic N) is 2. The molecule has 164 valence electrons. The van der Waals surface area contributed by atoms with Gasteiger partial charge in [-0.2, -0.15) is 5.01 Å². The van der Waals surface area contributed by atoms with E-state index in [1.165, 1.54) is 11.9 Å². The molecule has 1 amide bonds. The predicted octanol–water partition coefficient (Wildman–Crippen LogP) is 6.31.